The van der Waals surface area contributed by atoms with Gasteiger partial charge in [0.05, 0.1) is 16.3 Å². The molecule has 0 spiro atoms. The fourth-order valence-electron chi connectivity index (χ4n) is 2.11. The summed E-state index contributed by atoms with van der Waals surface area (Å²) in [4.78, 5) is 21.5. The number of carbonyl (C=O) groups is 1. The minimum absolute atomic E-state index is 0.0542. The van der Waals surface area contributed by atoms with Crippen LogP contribution in [0.15, 0.2) is 36.4 Å². The molecular formula is C15H12N2O3S. The third kappa shape index (κ3) is 2.35. The van der Waals surface area contributed by atoms with E-state index in [1.165, 1.54) is 18.3 Å². The lowest BCUT2D eigenvalue weighted by Crippen LogP contribution is -1.93. The molecule has 6 heteroatoms. The van der Waals surface area contributed by atoms with Gasteiger partial charge in [-0.3, -0.25) is 4.79 Å². The fraction of sp³-hybridized carbons (Fsp3) is 0.0667. The van der Waals surface area contributed by atoms with Crippen LogP contribution in [-0.4, -0.2) is 16.0 Å². The second kappa shape index (κ2) is 5.16. The summed E-state index contributed by atoms with van der Waals surface area (Å²) >= 11 is 1.30. The molecule has 3 rings (SSSR count). The summed E-state index contributed by atoms with van der Waals surface area (Å²) in [5.41, 5.74) is 8.11. The predicted octanol–water partition coefficient (Wildman–Crippen LogP) is 3.60. The standard InChI is InChI=1S/C15H12N2O3S/c1-8(18)14-13(16)11-6-7-12(17-15(11)21-14)9-2-4-10(20-19)5-3-9/h2-7,19H,16H2,1H3. The van der Waals surface area contributed by atoms with Crippen LogP contribution in [0.2, 0.25) is 0 Å². The van der Waals surface area contributed by atoms with Gasteiger partial charge in [0, 0.05) is 17.9 Å². The number of Topliss-reactive ketones (excluding diaryl/α,β-unsaturated/α-hetero) is 1. The molecule has 0 amide bonds. The first-order valence-corrected chi connectivity index (χ1v) is 7.03. The highest BCUT2D eigenvalue weighted by molar-refractivity contribution is 7.21. The van der Waals surface area contributed by atoms with Crippen molar-refractivity contribution in [2.24, 2.45) is 0 Å². The molecule has 0 aliphatic heterocycles. The largest absolute Gasteiger partial charge is 0.397 e. The lowest BCUT2D eigenvalue weighted by molar-refractivity contribution is -0.137. The van der Waals surface area contributed by atoms with Crippen molar-refractivity contribution in [2.45, 2.75) is 6.92 Å². The van der Waals surface area contributed by atoms with Crippen molar-refractivity contribution in [2.75, 3.05) is 5.73 Å². The highest BCUT2D eigenvalue weighted by Gasteiger charge is 2.14. The number of rotatable bonds is 3. The van der Waals surface area contributed by atoms with Crippen molar-refractivity contribution in [3.63, 3.8) is 0 Å². The fourth-order valence-corrected chi connectivity index (χ4v) is 3.09. The number of hydrogen-bond donors (Lipinski definition) is 2. The number of ketones is 1. The van der Waals surface area contributed by atoms with Crippen molar-refractivity contribution in [1.82, 2.24) is 4.98 Å². The van der Waals surface area contributed by atoms with Crippen LogP contribution in [0.3, 0.4) is 0 Å². The van der Waals surface area contributed by atoms with Gasteiger partial charge in [-0.1, -0.05) is 0 Å². The topological polar surface area (TPSA) is 85.4 Å². The lowest BCUT2D eigenvalue weighted by atomic mass is 10.1. The van der Waals surface area contributed by atoms with Crippen LogP contribution in [0.1, 0.15) is 16.6 Å². The molecule has 0 aliphatic rings. The zero-order valence-corrected chi connectivity index (χ0v) is 12.0. The molecule has 3 aromatic rings. The van der Waals surface area contributed by atoms with E-state index >= 15 is 0 Å². The Morgan fingerprint density at radius 3 is 2.57 bits per heavy atom. The van der Waals surface area contributed by atoms with Crippen molar-refractivity contribution in [3.05, 3.63) is 41.3 Å². The van der Waals surface area contributed by atoms with Gasteiger partial charge in [-0.25, -0.2) is 10.2 Å². The Labute approximate surface area is 124 Å². The third-order valence-corrected chi connectivity index (χ3v) is 4.39. The van der Waals surface area contributed by atoms with Crippen molar-refractivity contribution >= 4 is 33.0 Å². The van der Waals surface area contributed by atoms with E-state index in [2.05, 4.69) is 9.87 Å². The minimum atomic E-state index is -0.0542. The number of carbonyl (C=O) groups excluding carboxylic acids is 1. The second-order valence-electron chi connectivity index (χ2n) is 4.57. The first-order valence-electron chi connectivity index (χ1n) is 6.22. The molecule has 106 valence electrons. The molecule has 5 nitrogen and oxygen atoms in total. The average Bonchev–Trinajstić information content (AvgIpc) is 2.84. The van der Waals surface area contributed by atoms with E-state index in [4.69, 9.17) is 11.0 Å². The Morgan fingerprint density at radius 1 is 1.24 bits per heavy atom. The molecule has 0 saturated carbocycles. The number of nitrogens with zero attached hydrogens (tertiary/aromatic N) is 1. The number of anilines is 1. The highest BCUT2D eigenvalue weighted by atomic mass is 32.1. The molecule has 2 aromatic heterocycles. The van der Waals surface area contributed by atoms with Crippen molar-refractivity contribution in [1.29, 1.82) is 0 Å². The minimum Gasteiger partial charge on any atom is -0.397 e. The molecule has 0 atom stereocenters. The number of aromatic nitrogens is 1. The summed E-state index contributed by atoms with van der Waals surface area (Å²) < 4.78 is 0. The van der Waals surface area contributed by atoms with Gasteiger partial charge in [-0.05, 0) is 36.4 Å². The van der Waals surface area contributed by atoms with Crippen LogP contribution in [0.25, 0.3) is 21.5 Å². The van der Waals surface area contributed by atoms with Gasteiger partial charge in [0.1, 0.15) is 4.83 Å². The van der Waals surface area contributed by atoms with Crippen LogP contribution in [-0.2, 0) is 0 Å². The van der Waals surface area contributed by atoms with Crippen LogP contribution >= 0.6 is 11.3 Å². The quantitative estimate of drug-likeness (QED) is 0.438. The highest BCUT2D eigenvalue weighted by Crippen LogP contribution is 2.34. The molecule has 1 aromatic carbocycles. The lowest BCUT2D eigenvalue weighted by Gasteiger charge is -2.02. The molecular weight excluding hydrogens is 288 g/mol. The summed E-state index contributed by atoms with van der Waals surface area (Å²) in [6, 6.07) is 10.6. The molecule has 0 unspecified atom stereocenters. The summed E-state index contributed by atoms with van der Waals surface area (Å²) in [7, 11) is 0. The van der Waals surface area contributed by atoms with Crippen molar-refractivity contribution < 1.29 is 14.9 Å². The first-order chi connectivity index (χ1) is 10.1. The summed E-state index contributed by atoms with van der Waals surface area (Å²) in [6.07, 6.45) is 0. The predicted molar refractivity (Wildman–Crippen MR) is 82.7 cm³/mol. The van der Waals surface area contributed by atoms with E-state index in [1.54, 1.807) is 24.3 Å². The zero-order chi connectivity index (χ0) is 15.0. The van der Waals surface area contributed by atoms with Gasteiger partial charge in [-0.15, -0.1) is 11.3 Å². The molecule has 0 saturated heterocycles. The molecule has 2 heterocycles. The Kier molecular flexibility index (Phi) is 3.32. The van der Waals surface area contributed by atoms with Crippen LogP contribution in [0, 0.1) is 0 Å². The summed E-state index contributed by atoms with van der Waals surface area (Å²) in [5.74, 6) is 0.306. The number of pyridine rings is 1. The van der Waals surface area contributed by atoms with Gasteiger partial charge in [0.25, 0.3) is 0 Å². The third-order valence-electron chi connectivity index (χ3n) is 3.17. The maximum atomic E-state index is 11.5. The van der Waals surface area contributed by atoms with Gasteiger partial charge in [0.2, 0.25) is 0 Å². The molecule has 21 heavy (non-hydrogen) atoms. The molecule has 0 aliphatic carbocycles. The Morgan fingerprint density at radius 2 is 1.95 bits per heavy atom. The number of nitrogen functional groups attached to an aromatic ring is 1. The number of fused-ring (bicyclic) bond motifs is 1. The monoisotopic (exact) mass is 300 g/mol. The number of nitrogens with two attached hydrogens (primary N) is 1. The maximum Gasteiger partial charge on any atom is 0.171 e. The molecule has 0 fully saturated rings. The molecule has 0 radical (unpaired) electrons. The SMILES string of the molecule is CC(=O)c1sc2nc(-c3ccc(OO)cc3)ccc2c1N. The second-order valence-corrected chi connectivity index (χ2v) is 5.56. The van der Waals surface area contributed by atoms with Crippen molar-refractivity contribution in [3.8, 4) is 17.0 Å². The van der Waals surface area contributed by atoms with Gasteiger partial charge in [-0.2, -0.15) is 0 Å². The van der Waals surface area contributed by atoms with E-state index in [0.29, 0.717) is 16.3 Å². The zero-order valence-electron chi connectivity index (χ0n) is 11.2. The van der Waals surface area contributed by atoms with E-state index in [0.717, 1.165) is 21.5 Å². The van der Waals surface area contributed by atoms with Crippen LogP contribution in [0.4, 0.5) is 5.69 Å². The van der Waals surface area contributed by atoms with Gasteiger partial charge in [0.15, 0.2) is 11.5 Å². The summed E-state index contributed by atoms with van der Waals surface area (Å²) in [5, 5.41) is 9.36. The Balaban J connectivity index is 2.09. The smallest absolute Gasteiger partial charge is 0.171 e. The van der Waals surface area contributed by atoms with E-state index in [9.17, 15) is 4.79 Å². The summed E-state index contributed by atoms with van der Waals surface area (Å²) in [6.45, 7) is 1.50. The first kappa shape index (κ1) is 13.5. The van der Waals surface area contributed by atoms with Gasteiger partial charge < -0.3 is 10.6 Å². The number of benzene rings is 1. The normalized spacial score (nSPS) is 10.8. The number of thiophene rings is 1. The van der Waals surface area contributed by atoms with E-state index in [-0.39, 0.29) is 5.78 Å². The van der Waals surface area contributed by atoms with Crippen LogP contribution in [0.5, 0.6) is 5.75 Å². The molecule has 3 N–H and O–H groups in total. The maximum absolute atomic E-state index is 11.5. The van der Waals surface area contributed by atoms with E-state index < -0.39 is 0 Å². The Hall–Kier alpha value is -2.44. The van der Waals surface area contributed by atoms with E-state index in [1.807, 2.05) is 12.1 Å². The average molecular weight is 300 g/mol. The molecule has 0 bridgehead atoms. The Bertz CT molecular complexity index is 825. The van der Waals surface area contributed by atoms with Gasteiger partial charge >= 0.3 is 0 Å². The number of hydrogen-bond acceptors (Lipinski definition) is 6. The van der Waals surface area contributed by atoms with Crippen LogP contribution < -0.4 is 10.6 Å².